The van der Waals surface area contributed by atoms with Gasteiger partial charge < -0.3 is 5.73 Å². The Morgan fingerprint density at radius 1 is 1.00 bits per heavy atom. The monoisotopic (exact) mass is 329 g/mol. The molecule has 1 nitrogen and oxygen atoms in total. The van der Waals surface area contributed by atoms with Gasteiger partial charge >= 0.3 is 0 Å². The molecule has 1 unspecified atom stereocenters. The van der Waals surface area contributed by atoms with Crippen LogP contribution in [0.4, 0.5) is 0 Å². The maximum atomic E-state index is 6.47. The van der Waals surface area contributed by atoms with Gasteiger partial charge in [0.05, 0.1) is 6.04 Å². The number of rotatable bonds is 2. The van der Waals surface area contributed by atoms with Crippen molar-refractivity contribution in [2.24, 2.45) is 5.73 Å². The Kier molecular flexibility index (Phi) is 3.95. The Bertz CT molecular complexity index is 633. The standard InChI is InChI=1S/C18H20BrN/c1-12-6-9-16(17(19)10-12)18(20)15-8-7-13-4-2-3-5-14(13)11-15/h6-11,18H,2-5,20H2,1H3. The first-order chi connectivity index (χ1) is 9.65. The van der Waals surface area contributed by atoms with Crippen molar-refractivity contribution < 1.29 is 0 Å². The summed E-state index contributed by atoms with van der Waals surface area (Å²) >= 11 is 3.64. The summed E-state index contributed by atoms with van der Waals surface area (Å²) in [6, 6.07) is 13.1. The molecule has 2 aromatic rings. The fraction of sp³-hybridized carbons (Fsp3) is 0.333. The van der Waals surface area contributed by atoms with Gasteiger partial charge in [-0.05, 0) is 66.5 Å². The van der Waals surface area contributed by atoms with E-state index in [2.05, 4.69) is 59.3 Å². The SMILES string of the molecule is Cc1ccc(C(N)c2ccc3c(c2)CCCC3)c(Br)c1. The van der Waals surface area contributed by atoms with Gasteiger partial charge in [0.25, 0.3) is 0 Å². The first kappa shape index (κ1) is 13.8. The molecule has 104 valence electrons. The van der Waals surface area contributed by atoms with E-state index in [1.165, 1.54) is 47.9 Å². The quantitative estimate of drug-likeness (QED) is 0.850. The van der Waals surface area contributed by atoms with Gasteiger partial charge in [0.15, 0.2) is 0 Å². The molecule has 0 aromatic heterocycles. The minimum Gasteiger partial charge on any atom is -0.320 e. The van der Waals surface area contributed by atoms with Gasteiger partial charge in [0, 0.05) is 4.47 Å². The smallest absolute Gasteiger partial charge is 0.0562 e. The summed E-state index contributed by atoms with van der Waals surface area (Å²) in [5, 5.41) is 0. The van der Waals surface area contributed by atoms with Gasteiger partial charge in [-0.1, -0.05) is 46.3 Å². The minimum absolute atomic E-state index is 0.0581. The average Bonchev–Trinajstić information content (AvgIpc) is 2.46. The molecule has 1 aliphatic rings. The summed E-state index contributed by atoms with van der Waals surface area (Å²) < 4.78 is 1.10. The van der Waals surface area contributed by atoms with Crippen LogP contribution >= 0.6 is 15.9 Å². The number of hydrogen-bond donors (Lipinski definition) is 1. The van der Waals surface area contributed by atoms with Crippen LogP contribution < -0.4 is 5.73 Å². The van der Waals surface area contributed by atoms with Crippen molar-refractivity contribution in [3.05, 3.63) is 68.7 Å². The fourth-order valence-electron chi connectivity index (χ4n) is 3.01. The van der Waals surface area contributed by atoms with Gasteiger partial charge in [-0.3, -0.25) is 0 Å². The van der Waals surface area contributed by atoms with Crippen molar-refractivity contribution in [3.63, 3.8) is 0 Å². The number of benzene rings is 2. The van der Waals surface area contributed by atoms with Crippen molar-refractivity contribution in [3.8, 4) is 0 Å². The molecule has 0 saturated heterocycles. The second kappa shape index (κ2) is 5.71. The Balaban J connectivity index is 1.95. The summed E-state index contributed by atoms with van der Waals surface area (Å²) in [5.74, 6) is 0. The van der Waals surface area contributed by atoms with Gasteiger partial charge in [-0.25, -0.2) is 0 Å². The second-order valence-electron chi connectivity index (χ2n) is 5.74. The van der Waals surface area contributed by atoms with Gasteiger partial charge in [-0.2, -0.15) is 0 Å². The normalized spacial score (nSPS) is 15.8. The molecular weight excluding hydrogens is 310 g/mol. The van der Waals surface area contributed by atoms with E-state index >= 15 is 0 Å². The summed E-state index contributed by atoms with van der Waals surface area (Å²) in [6.07, 6.45) is 5.05. The first-order valence-electron chi connectivity index (χ1n) is 7.28. The zero-order chi connectivity index (χ0) is 14.1. The lowest BCUT2D eigenvalue weighted by Gasteiger charge is -2.20. The third kappa shape index (κ3) is 2.68. The van der Waals surface area contributed by atoms with Crippen LogP contribution in [0.15, 0.2) is 40.9 Å². The molecule has 2 heteroatoms. The number of aryl methyl sites for hydroxylation is 3. The highest BCUT2D eigenvalue weighted by Crippen LogP contribution is 2.30. The highest BCUT2D eigenvalue weighted by atomic mass is 79.9. The van der Waals surface area contributed by atoms with Crippen molar-refractivity contribution in [2.45, 2.75) is 38.6 Å². The molecule has 0 aliphatic heterocycles. The molecule has 0 heterocycles. The molecule has 0 radical (unpaired) electrons. The van der Waals surface area contributed by atoms with Crippen LogP contribution in [0, 0.1) is 6.92 Å². The lowest BCUT2D eigenvalue weighted by atomic mass is 9.88. The van der Waals surface area contributed by atoms with E-state index in [0.717, 1.165) is 10.0 Å². The van der Waals surface area contributed by atoms with E-state index in [9.17, 15) is 0 Å². The van der Waals surface area contributed by atoms with Crippen molar-refractivity contribution in [1.29, 1.82) is 0 Å². The van der Waals surface area contributed by atoms with E-state index in [1.54, 1.807) is 0 Å². The van der Waals surface area contributed by atoms with Gasteiger partial charge in [0.1, 0.15) is 0 Å². The van der Waals surface area contributed by atoms with E-state index in [0.29, 0.717) is 0 Å². The van der Waals surface area contributed by atoms with Crippen LogP contribution in [0.25, 0.3) is 0 Å². The molecule has 0 saturated carbocycles. The molecule has 3 rings (SSSR count). The van der Waals surface area contributed by atoms with Gasteiger partial charge in [-0.15, -0.1) is 0 Å². The zero-order valence-corrected chi connectivity index (χ0v) is 13.4. The Morgan fingerprint density at radius 3 is 2.50 bits per heavy atom. The van der Waals surface area contributed by atoms with Crippen LogP contribution in [0.3, 0.4) is 0 Å². The van der Waals surface area contributed by atoms with E-state index in [4.69, 9.17) is 5.73 Å². The molecule has 2 N–H and O–H groups in total. The third-order valence-corrected chi connectivity index (χ3v) is 4.91. The molecule has 20 heavy (non-hydrogen) atoms. The topological polar surface area (TPSA) is 26.0 Å². The molecule has 0 spiro atoms. The van der Waals surface area contributed by atoms with Crippen LogP contribution in [-0.2, 0) is 12.8 Å². The molecule has 1 aliphatic carbocycles. The Hall–Kier alpha value is -1.12. The molecular formula is C18H20BrN. The summed E-state index contributed by atoms with van der Waals surface area (Å²) in [5.41, 5.74) is 13.1. The van der Waals surface area contributed by atoms with E-state index in [1.807, 2.05) is 0 Å². The fourth-order valence-corrected chi connectivity index (χ4v) is 3.75. The van der Waals surface area contributed by atoms with E-state index in [-0.39, 0.29) is 6.04 Å². The Morgan fingerprint density at radius 2 is 1.75 bits per heavy atom. The average molecular weight is 330 g/mol. The number of halogens is 1. The predicted molar refractivity (Wildman–Crippen MR) is 88.0 cm³/mol. The lowest BCUT2D eigenvalue weighted by molar-refractivity contribution is 0.682. The molecule has 2 aromatic carbocycles. The molecule has 0 bridgehead atoms. The first-order valence-corrected chi connectivity index (χ1v) is 8.08. The lowest BCUT2D eigenvalue weighted by Crippen LogP contribution is -2.14. The highest BCUT2D eigenvalue weighted by Gasteiger charge is 2.15. The number of fused-ring (bicyclic) bond motifs is 1. The van der Waals surface area contributed by atoms with Crippen molar-refractivity contribution >= 4 is 15.9 Å². The van der Waals surface area contributed by atoms with Crippen molar-refractivity contribution in [1.82, 2.24) is 0 Å². The summed E-state index contributed by atoms with van der Waals surface area (Å²) in [4.78, 5) is 0. The Labute approximate surface area is 129 Å². The van der Waals surface area contributed by atoms with E-state index < -0.39 is 0 Å². The predicted octanol–water partition coefficient (Wildman–Crippen LogP) is 4.68. The van der Waals surface area contributed by atoms with Crippen LogP contribution in [-0.4, -0.2) is 0 Å². The number of hydrogen-bond acceptors (Lipinski definition) is 1. The highest BCUT2D eigenvalue weighted by molar-refractivity contribution is 9.10. The summed E-state index contributed by atoms with van der Waals surface area (Å²) in [7, 11) is 0. The molecule has 0 fully saturated rings. The van der Waals surface area contributed by atoms with Crippen LogP contribution in [0.1, 0.15) is 46.7 Å². The molecule has 0 amide bonds. The van der Waals surface area contributed by atoms with Gasteiger partial charge in [0.2, 0.25) is 0 Å². The maximum absolute atomic E-state index is 6.47. The largest absolute Gasteiger partial charge is 0.320 e. The van der Waals surface area contributed by atoms with Crippen LogP contribution in [0.2, 0.25) is 0 Å². The van der Waals surface area contributed by atoms with Crippen LogP contribution in [0.5, 0.6) is 0 Å². The van der Waals surface area contributed by atoms with Crippen molar-refractivity contribution in [2.75, 3.05) is 0 Å². The number of nitrogens with two attached hydrogens (primary N) is 1. The summed E-state index contributed by atoms with van der Waals surface area (Å²) in [6.45, 7) is 2.10. The molecule has 1 atom stereocenters. The third-order valence-electron chi connectivity index (χ3n) is 4.22. The minimum atomic E-state index is -0.0581. The second-order valence-corrected chi connectivity index (χ2v) is 6.59. The maximum Gasteiger partial charge on any atom is 0.0562 e. The zero-order valence-electron chi connectivity index (χ0n) is 11.8.